The number of aromatic hydroxyl groups is 1. The molecule has 3 N–H and O–H groups in total. The first-order chi connectivity index (χ1) is 20.9. The van der Waals surface area contributed by atoms with Gasteiger partial charge in [-0.25, -0.2) is 0 Å². The molecule has 1 atom stereocenters. The first kappa shape index (κ1) is 33.5. The average molecular weight is 593 g/mol. The van der Waals surface area contributed by atoms with Crippen molar-refractivity contribution in [2.75, 3.05) is 0 Å². The van der Waals surface area contributed by atoms with Gasteiger partial charge in [0.25, 0.3) is 0 Å². The summed E-state index contributed by atoms with van der Waals surface area (Å²) >= 11 is 0. The van der Waals surface area contributed by atoms with Crippen LogP contribution < -0.4 is 0 Å². The molecule has 3 heteroatoms. The molecule has 44 heavy (non-hydrogen) atoms. The molecule has 0 amide bonds. The summed E-state index contributed by atoms with van der Waals surface area (Å²) in [6, 6.07) is 22.4. The molecule has 0 saturated heterocycles. The highest BCUT2D eigenvalue weighted by molar-refractivity contribution is 5.57. The zero-order valence-corrected chi connectivity index (χ0v) is 28.4. The predicted octanol–water partition coefficient (Wildman–Crippen LogP) is 8.92. The highest BCUT2D eigenvalue weighted by Crippen LogP contribution is 2.43. The Morgan fingerprint density at radius 2 is 0.841 bits per heavy atom. The molecule has 0 spiro atoms. The summed E-state index contributed by atoms with van der Waals surface area (Å²) in [6.45, 7) is 19.6. The van der Waals surface area contributed by atoms with Gasteiger partial charge in [0.1, 0.15) is 5.75 Å². The Morgan fingerprint density at radius 3 is 1.27 bits per heavy atom. The Morgan fingerprint density at radius 1 is 0.477 bits per heavy atom. The van der Waals surface area contributed by atoms with E-state index in [1.54, 1.807) is 0 Å². The van der Waals surface area contributed by atoms with E-state index in [2.05, 4.69) is 110 Å². The van der Waals surface area contributed by atoms with E-state index in [4.69, 9.17) is 0 Å². The number of aliphatic hydroxyl groups excluding tert-OH is 2. The molecular weight excluding hydrogens is 540 g/mol. The van der Waals surface area contributed by atoms with E-state index in [1.165, 1.54) is 50.1 Å². The Labute approximate surface area is 265 Å². The summed E-state index contributed by atoms with van der Waals surface area (Å²) in [5, 5.41) is 30.9. The minimum Gasteiger partial charge on any atom is -0.507 e. The minimum absolute atomic E-state index is 0.0202. The highest BCUT2D eigenvalue weighted by atomic mass is 16.3. The molecule has 0 saturated carbocycles. The van der Waals surface area contributed by atoms with Crippen LogP contribution in [0.1, 0.15) is 121 Å². The van der Waals surface area contributed by atoms with Crippen LogP contribution in [0.15, 0.2) is 60.7 Å². The van der Waals surface area contributed by atoms with Crippen LogP contribution >= 0.6 is 0 Å². The van der Waals surface area contributed by atoms with Crippen LogP contribution in [0.3, 0.4) is 0 Å². The Balaban J connectivity index is 1.95. The molecule has 0 heterocycles. The van der Waals surface area contributed by atoms with Crippen molar-refractivity contribution in [1.29, 1.82) is 0 Å². The van der Waals surface area contributed by atoms with Crippen LogP contribution in [0.5, 0.6) is 5.75 Å². The number of hydrogen-bond acceptors (Lipinski definition) is 3. The molecule has 1 unspecified atom stereocenters. The summed E-state index contributed by atoms with van der Waals surface area (Å²) < 4.78 is 0. The molecule has 0 aliphatic carbocycles. The SMILES string of the molecule is CCc1cc(C(C)(c2ccc(C(C)(C)c3cc(CC)c(O)c(CO)c3)cc2)c2cc(CC)c(C)c(CO)c2)cc(CC)c1C. The van der Waals surface area contributed by atoms with Gasteiger partial charge in [0.2, 0.25) is 0 Å². The lowest BCUT2D eigenvalue weighted by Gasteiger charge is -2.35. The lowest BCUT2D eigenvalue weighted by Crippen LogP contribution is -2.27. The molecule has 0 aliphatic heterocycles. The molecule has 4 rings (SSSR count). The molecule has 0 aromatic heterocycles. The van der Waals surface area contributed by atoms with E-state index in [-0.39, 0.29) is 24.4 Å². The summed E-state index contributed by atoms with van der Waals surface area (Å²) in [6.07, 6.45) is 3.57. The quantitative estimate of drug-likeness (QED) is 0.152. The van der Waals surface area contributed by atoms with Gasteiger partial charge in [-0.05, 0) is 119 Å². The number of aliphatic hydroxyl groups is 2. The average Bonchev–Trinajstić information content (AvgIpc) is 3.04. The van der Waals surface area contributed by atoms with Crippen LogP contribution in [0.2, 0.25) is 0 Å². The zero-order chi connectivity index (χ0) is 32.4. The molecule has 0 aliphatic rings. The summed E-state index contributed by atoms with van der Waals surface area (Å²) in [7, 11) is 0. The van der Waals surface area contributed by atoms with E-state index in [1.807, 2.05) is 13.0 Å². The first-order valence-corrected chi connectivity index (χ1v) is 16.3. The second-order valence-electron chi connectivity index (χ2n) is 13.0. The summed E-state index contributed by atoms with van der Waals surface area (Å²) in [5.41, 5.74) is 14.1. The molecule has 4 aromatic rings. The van der Waals surface area contributed by atoms with Crippen molar-refractivity contribution in [1.82, 2.24) is 0 Å². The maximum atomic E-state index is 10.6. The molecule has 4 aromatic carbocycles. The molecule has 0 radical (unpaired) electrons. The third kappa shape index (κ3) is 5.85. The van der Waals surface area contributed by atoms with Crippen molar-refractivity contribution in [2.45, 2.75) is 112 Å². The summed E-state index contributed by atoms with van der Waals surface area (Å²) in [4.78, 5) is 0. The topological polar surface area (TPSA) is 60.7 Å². The molecule has 0 bridgehead atoms. The Bertz CT molecular complexity index is 1490. The van der Waals surface area contributed by atoms with E-state index < -0.39 is 5.41 Å². The van der Waals surface area contributed by atoms with Gasteiger partial charge in [-0.15, -0.1) is 0 Å². The maximum Gasteiger partial charge on any atom is 0.124 e. The van der Waals surface area contributed by atoms with Gasteiger partial charge in [-0.1, -0.05) is 96.1 Å². The number of rotatable bonds is 11. The highest BCUT2D eigenvalue weighted by Gasteiger charge is 2.34. The molecule has 3 nitrogen and oxygen atoms in total. The predicted molar refractivity (Wildman–Crippen MR) is 184 cm³/mol. The third-order valence-corrected chi connectivity index (χ3v) is 10.4. The van der Waals surface area contributed by atoms with Gasteiger partial charge >= 0.3 is 0 Å². The van der Waals surface area contributed by atoms with Crippen molar-refractivity contribution < 1.29 is 15.3 Å². The van der Waals surface area contributed by atoms with Crippen molar-refractivity contribution in [3.8, 4) is 5.75 Å². The van der Waals surface area contributed by atoms with E-state index >= 15 is 0 Å². The van der Waals surface area contributed by atoms with Gasteiger partial charge in [0.05, 0.1) is 13.2 Å². The van der Waals surface area contributed by atoms with Crippen LogP contribution in [0, 0.1) is 13.8 Å². The molecular formula is C41H52O3. The lowest BCUT2D eigenvalue weighted by atomic mass is 9.68. The number of hydrogen-bond donors (Lipinski definition) is 3. The molecule has 234 valence electrons. The smallest absolute Gasteiger partial charge is 0.124 e. The minimum atomic E-state index is -0.441. The fourth-order valence-corrected chi connectivity index (χ4v) is 6.92. The first-order valence-electron chi connectivity index (χ1n) is 16.3. The van der Waals surface area contributed by atoms with Crippen LogP contribution in [0.25, 0.3) is 0 Å². The number of aryl methyl sites for hydroxylation is 4. The van der Waals surface area contributed by atoms with Crippen molar-refractivity contribution in [3.63, 3.8) is 0 Å². The maximum absolute atomic E-state index is 10.6. The van der Waals surface area contributed by atoms with Crippen molar-refractivity contribution in [3.05, 3.63) is 133 Å². The number of phenols is 1. The zero-order valence-electron chi connectivity index (χ0n) is 28.4. The fourth-order valence-electron chi connectivity index (χ4n) is 6.92. The van der Waals surface area contributed by atoms with Gasteiger partial charge in [-0.3, -0.25) is 0 Å². The fraction of sp³-hybridized carbons (Fsp3) is 0.415. The van der Waals surface area contributed by atoms with E-state index in [0.717, 1.165) is 36.0 Å². The van der Waals surface area contributed by atoms with E-state index in [0.29, 0.717) is 12.0 Å². The van der Waals surface area contributed by atoms with Crippen molar-refractivity contribution in [2.24, 2.45) is 0 Å². The van der Waals surface area contributed by atoms with Crippen LogP contribution in [-0.2, 0) is 49.7 Å². The van der Waals surface area contributed by atoms with Gasteiger partial charge in [0.15, 0.2) is 0 Å². The van der Waals surface area contributed by atoms with Gasteiger partial charge < -0.3 is 15.3 Å². The Kier molecular flexibility index (Phi) is 10.1. The van der Waals surface area contributed by atoms with E-state index in [9.17, 15) is 15.3 Å². The normalized spacial score (nSPS) is 13.2. The third-order valence-electron chi connectivity index (χ3n) is 10.4. The van der Waals surface area contributed by atoms with Gasteiger partial charge in [-0.2, -0.15) is 0 Å². The summed E-state index contributed by atoms with van der Waals surface area (Å²) in [5.74, 6) is 0.198. The second-order valence-corrected chi connectivity index (χ2v) is 13.0. The number of benzene rings is 4. The second kappa shape index (κ2) is 13.3. The van der Waals surface area contributed by atoms with Crippen LogP contribution in [-0.4, -0.2) is 15.3 Å². The monoisotopic (exact) mass is 592 g/mol. The van der Waals surface area contributed by atoms with Crippen LogP contribution in [0.4, 0.5) is 0 Å². The standard InChI is InChI=1S/C41H52O3/c1-10-28-18-37(19-29(11-2)26(28)5)41(9,38-20-30(12-3)27(6)32(22-38)24-42)35-16-14-34(15-17-35)40(7,8)36-21-31(13-4)39(44)33(23-36)25-43/h14-23,42-44H,10-13,24-25H2,1-9H3. The van der Waals surface area contributed by atoms with Gasteiger partial charge in [0, 0.05) is 16.4 Å². The van der Waals surface area contributed by atoms with Crippen molar-refractivity contribution >= 4 is 0 Å². The largest absolute Gasteiger partial charge is 0.507 e. The Hall–Kier alpha value is -3.40. The lowest BCUT2D eigenvalue weighted by molar-refractivity contribution is 0.275. The molecule has 0 fully saturated rings.